The zero-order valence-corrected chi connectivity index (χ0v) is 7.21. The minimum Gasteiger partial charge on any atom is -0.233 e. The summed E-state index contributed by atoms with van der Waals surface area (Å²) in [4.78, 5) is 1.25. The summed E-state index contributed by atoms with van der Waals surface area (Å²) in [5.74, 6) is 0. The average Bonchev–Trinajstić information content (AvgIpc) is 2.61. The summed E-state index contributed by atoms with van der Waals surface area (Å²) in [5, 5.41) is 43.7. The van der Waals surface area contributed by atoms with Crippen molar-refractivity contribution >= 4 is 0 Å². The summed E-state index contributed by atoms with van der Waals surface area (Å²) >= 11 is 0. The summed E-state index contributed by atoms with van der Waals surface area (Å²) in [7, 11) is 0. The Bertz CT molecular complexity index is 510. The maximum Gasteiger partial charge on any atom is 0.317 e. The van der Waals surface area contributed by atoms with Crippen molar-refractivity contribution in [2.45, 2.75) is 5.66 Å². The molecule has 0 saturated carbocycles. The third-order valence-corrected chi connectivity index (χ3v) is 1.80. The lowest BCUT2D eigenvalue weighted by atomic mass is 10.2. The molecular weight excluding hydrogens is 194 g/mol. The topological polar surface area (TPSA) is 125 Å². The van der Waals surface area contributed by atoms with E-state index in [2.05, 4.69) is 0 Å². The number of hydrogen-bond donors (Lipinski definition) is 0. The van der Waals surface area contributed by atoms with E-state index in [4.69, 9.17) is 26.3 Å². The van der Waals surface area contributed by atoms with Crippen LogP contribution in [0, 0.1) is 56.9 Å². The molecule has 0 aromatic rings. The Morgan fingerprint density at radius 3 is 1.93 bits per heavy atom. The van der Waals surface area contributed by atoms with Gasteiger partial charge in [0.2, 0.25) is 0 Å². The number of hydrogen-bond acceptors (Lipinski definition) is 7. The van der Waals surface area contributed by atoms with Gasteiger partial charge in [0.25, 0.3) is 0 Å². The van der Waals surface area contributed by atoms with Gasteiger partial charge in [-0.05, 0) is 0 Å². The fraction of sp³-hybridized carbons (Fsp3) is 0.125. The molecule has 0 amide bonds. The van der Waals surface area contributed by atoms with E-state index in [1.165, 1.54) is 18.3 Å². The van der Waals surface area contributed by atoms with Gasteiger partial charge in [0.15, 0.2) is 18.1 Å². The van der Waals surface area contributed by atoms with Crippen molar-refractivity contribution in [3.05, 3.63) is 11.9 Å². The molecule has 1 aliphatic rings. The lowest BCUT2D eigenvalue weighted by Gasteiger charge is -2.24. The molecular formula is C8HN7. The number of nitrogens with zero attached hydrogens (tertiary/aromatic N) is 7. The highest BCUT2D eigenvalue weighted by atomic mass is 15.4. The van der Waals surface area contributed by atoms with E-state index in [1.807, 2.05) is 0 Å². The van der Waals surface area contributed by atoms with E-state index in [-0.39, 0.29) is 5.70 Å². The molecule has 0 N–H and O–H groups in total. The number of rotatable bonds is 0. The van der Waals surface area contributed by atoms with Crippen molar-refractivity contribution in [3.8, 4) is 30.6 Å². The van der Waals surface area contributed by atoms with Crippen LogP contribution < -0.4 is 0 Å². The predicted molar refractivity (Wildman–Crippen MR) is 42.6 cm³/mol. The summed E-state index contributed by atoms with van der Waals surface area (Å²) in [5.41, 5.74) is -2.30. The van der Waals surface area contributed by atoms with E-state index in [0.29, 0.717) is 9.80 Å². The van der Waals surface area contributed by atoms with Gasteiger partial charge in [-0.2, -0.15) is 26.3 Å². The Labute approximate surface area is 85.1 Å². The highest BCUT2D eigenvalue weighted by Gasteiger charge is 2.50. The van der Waals surface area contributed by atoms with Crippen LogP contribution in [0.5, 0.6) is 0 Å². The Kier molecular flexibility index (Phi) is 2.15. The lowest BCUT2D eigenvalue weighted by Crippen LogP contribution is -2.48. The van der Waals surface area contributed by atoms with E-state index in [1.54, 1.807) is 12.3 Å². The Balaban J connectivity index is 3.42. The normalized spacial score (nSPS) is 16.3. The van der Waals surface area contributed by atoms with Crippen molar-refractivity contribution in [2.75, 3.05) is 0 Å². The van der Waals surface area contributed by atoms with Crippen LogP contribution >= 0.6 is 0 Å². The molecule has 0 unspecified atom stereocenters. The minimum absolute atomic E-state index is 0.220. The molecule has 0 aliphatic carbocycles. The maximum atomic E-state index is 8.83. The first-order chi connectivity index (χ1) is 7.19. The van der Waals surface area contributed by atoms with Crippen LogP contribution in [0.3, 0.4) is 0 Å². The minimum atomic E-state index is -2.07. The van der Waals surface area contributed by atoms with Gasteiger partial charge in [0, 0.05) is 0 Å². The van der Waals surface area contributed by atoms with Crippen LogP contribution in [0.2, 0.25) is 0 Å². The molecule has 15 heavy (non-hydrogen) atoms. The van der Waals surface area contributed by atoms with Crippen LogP contribution in [0.4, 0.5) is 0 Å². The Morgan fingerprint density at radius 1 is 1.00 bits per heavy atom. The molecule has 0 radical (unpaired) electrons. The van der Waals surface area contributed by atoms with Gasteiger partial charge in [-0.3, -0.25) is 0 Å². The summed E-state index contributed by atoms with van der Waals surface area (Å²) in [6.07, 6.45) is 4.06. The monoisotopic (exact) mass is 195 g/mol. The third-order valence-electron chi connectivity index (χ3n) is 1.80. The van der Waals surface area contributed by atoms with Crippen molar-refractivity contribution in [2.24, 2.45) is 0 Å². The SMILES string of the molecule is N#CC1=CN(C#N)C(C#N)(C#N)N1C#N. The Hall–Kier alpha value is -3.21. The van der Waals surface area contributed by atoms with Gasteiger partial charge in [0.1, 0.15) is 18.2 Å². The number of allylic oxidation sites excluding steroid dienone is 1. The van der Waals surface area contributed by atoms with Crippen molar-refractivity contribution < 1.29 is 0 Å². The first-order valence-electron chi connectivity index (χ1n) is 3.53. The van der Waals surface area contributed by atoms with Crippen molar-refractivity contribution in [1.29, 1.82) is 26.3 Å². The van der Waals surface area contributed by atoms with Gasteiger partial charge in [-0.15, -0.1) is 0 Å². The molecule has 7 nitrogen and oxygen atoms in total. The zero-order valence-electron chi connectivity index (χ0n) is 7.21. The highest BCUT2D eigenvalue weighted by Crippen LogP contribution is 2.30. The van der Waals surface area contributed by atoms with E-state index in [0.717, 1.165) is 6.20 Å². The zero-order chi connectivity index (χ0) is 11.5. The van der Waals surface area contributed by atoms with Gasteiger partial charge in [0.05, 0.1) is 6.20 Å². The largest absolute Gasteiger partial charge is 0.317 e. The van der Waals surface area contributed by atoms with Crippen LogP contribution in [0.1, 0.15) is 0 Å². The summed E-state index contributed by atoms with van der Waals surface area (Å²) < 4.78 is 0. The van der Waals surface area contributed by atoms with Crippen LogP contribution in [-0.4, -0.2) is 15.5 Å². The Morgan fingerprint density at radius 2 is 1.60 bits per heavy atom. The fourth-order valence-corrected chi connectivity index (χ4v) is 1.09. The summed E-state index contributed by atoms with van der Waals surface area (Å²) in [6, 6.07) is 4.69. The van der Waals surface area contributed by atoms with Crippen LogP contribution in [0.15, 0.2) is 11.9 Å². The molecule has 1 heterocycles. The first kappa shape index (κ1) is 9.87. The van der Waals surface area contributed by atoms with E-state index in [9.17, 15) is 0 Å². The molecule has 0 atom stereocenters. The maximum absolute atomic E-state index is 8.83. The molecule has 0 aromatic carbocycles. The van der Waals surface area contributed by atoms with Gasteiger partial charge in [-0.1, -0.05) is 0 Å². The molecule has 0 bridgehead atoms. The molecule has 0 spiro atoms. The second-order valence-electron chi connectivity index (χ2n) is 2.43. The third kappa shape index (κ3) is 1.01. The fourth-order valence-electron chi connectivity index (χ4n) is 1.09. The standard InChI is InChI=1S/C8HN7/c9-1-7-2-14(5-12)8(3-10,4-11)15(7)6-13/h2H. The predicted octanol–water partition coefficient (Wildman–Crippen LogP) is -0.325. The van der Waals surface area contributed by atoms with Gasteiger partial charge >= 0.3 is 5.66 Å². The molecule has 1 rings (SSSR count). The molecule has 0 saturated heterocycles. The van der Waals surface area contributed by atoms with Gasteiger partial charge < -0.3 is 0 Å². The van der Waals surface area contributed by atoms with Crippen molar-refractivity contribution in [3.63, 3.8) is 0 Å². The second-order valence-corrected chi connectivity index (χ2v) is 2.43. The quantitative estimate of drug-likeness (QED) is 0.484. The molecule has 68 valence electrons. The van der Waals surface area contributed by atoms with E-state index >= 15 is 0 Å². The van der Waals surface area contributed by atoms with Gasteiger partial charge in [-0.25, -0.2) is 9.80 Å². The highest BCUT2D eigenvalue weighted by molar-refractivity contribution is 5.41. The molecule has 0 aromatic heterocycles. The molecule has 7 heteroatoms. The molecule has 1 aliphatic heterocycles. The van der Waals surface area contributed by atoms with Crippen LogP contribution in [0.25, 0.3) is 0 Å². The molecule has 0 fully saturated rings. The van der Waals surface area contributed by atoms with E-state index < -0.39 is 5.66 Å². The average molecular weight is 195 g/mol. The first-order valence-corrected chi connectivity index (χ1v) is 3.53. The summed E-state index contributed by atoms with van der Waals surface area (Å²) in [6.45, 7) is 0. The van der Waals surface area contributed by atoms with Crippen LogP contribution in [-0.2, 0) is 0 Å². The second kappa shape index (κ2) is 3.27. The number of nitriles is 5. The van der Waals surface area contributed by atoms with Crippen molar-refractivity contribution in [1.82, 2.24) is 9.80 Å². The smallest absolute Gasteiger partial charge is 0.233 e. The lowest BCUT2D eigenvalue weighted by molar-refractivity contribution is 0.239.